The molecule has 0 bridgehead atoms. The molecule has 0 spiro atoms. The molecule has 0 fully saturated rings. The number of rotatable bonds is 6. The lowest BCUT2D eigenvalue weighted by Gasteiger charge is -2.05. The zero-order chi connectivity index (χ0) is 16.2. The highest BCUT2D eigenvalue weighted by atomic mass is 79.9. The van der Waals surface area contributed by atoms with Crippen molar-refractivity contribution in [2.45, 2.75) is 13.5 Å². The van der Waals surface area contributed by atoms with Crippen LogP contribution in [0.2, 0.25) is 0 Å². The lowest BCUT2D eigenvalue weighted by Crippen LogP contribution is -2.02. The summed E-state index contributed by atoms with van der Waals surface area (Å²) in [7, 11) is -3.66. The topological polar surface area (TPSA) is 78.6 Å². The molecule has 1 heterocycles. The molecule has 6 nitrogen and oxygen atoms in total. The third kappa shape index (κ3) is 4.35. The van der Waals surface area contributed by atoms with Crippen LogP contribution in [-0.4, -0.2) is 19.8 Å². The van der Waals surface area contributed by atoms with Gasteiger partial charge in [0.05, 0.1) is 6.26 Å². The van der Waals surface area contributed by atoms with Crippen LogP contribution in [0, 0.1) is 0 Å². The Labute approximate surface area is 137 Å². The van der Waals surface area contributed by atoms with Crippen LogP contribution >= 0.6 is 15.9 Å². The molecular formula is C14H14BrNO5S. The monoisotopic (exact) mass is 387 g/mol. The standard InChI is InChI=1S/C14H14BrNO5S/c1-3-11(21-22(2,17)18)13-12(15)14(16-20-13)19-9-10-7-5-4-6-8-10/h3-8H,9H2,1-2H3. The van der Waals surface area contributed by atoms with Gasteiger partial charge in [0.25, 0.3) is 5.88 Å². The van der Waals surface area contributed by atoms with Gasteiger partial charge in [-0.2, -0.15) is 8.42 Å². The number of ether oxygens (including phenoxy) is 1. The lowest BCUT2D eigenvalue weighted by atomic mass is 10.2. The van der Waals surface area contributed by atoms with Gasteiger partial charge in [0.2, 0.25) is 5.76 Å². The Hall–Kier alpha value is -1.80. The molecular weight excluding hydrogens is 374 g/mol. The van der Waals surface area contributed by atoms with Gasteiger partial charge in [-0.1, -0.05) is 30.3 Å². The zero-order valence-electron chi connectivity index (χ0n) is 11.9. The fraction of sp³-hybridized carbons (Fsp3) is 0.214. The van der Waals surface area contributed by atoms with Crippen LogP contribution < -0.4 is 4.74 Å². The Morgan fingerprint density at radius 3 is 2.64 bits per heavy atom. The summed E-state index contributed by atoms with van der Waals surface area (Å²) in [6, 6.07) is 9.55. The Morgan fingerprint density at radius 2 is 2.05 bits per heavy atom. The molecule has 1 aromatic carbocycles. The molecule has 0 aliphatic rings. The highest BCUT2D eigenvalue weighted by Crippen LogP contribution is 2.34. The first kappa shape index (κ1) is 16.6. The van der Waals surface area contributed by atoms with Crippen molar-refractivity contribution in [2.75, 3.05) is 6.26 Å². The smallest absolute Gasteiger partial charge is 0.306 e. The largest absolute Gasteiger partial charge is 0.470 e. The molecule has 0 N–H and O–H groups in total. The van der Waals surface area contributed by atoms with E-state index in [0.29, 0.717) is 11.1 Å². The third-order valence-corrected chi connectivity index (χ3v) is 3.73. The van der Waals surface area contributed by atoms with Gasteiger partial charge in [0.1, 0.15) is 11.1 Å². The first-order valence-corrected chi connectivity index (χ1v) is 8.89. The Balaban J connectivity index is 2.15. The molecule has 0 unspecified atom stereocenters. The molecule has 0 amide bonds. The number of aromatic nitrogens is 1. The number of nitrogens with zero attached hydrogens (tertiary/aromatic N) is 1. The van der Waals surface area contributed by atoms with E-state index in [4.69, 9.17) is 13.4 Å². The van der Waals surface area contributed by atoms with Crippen LogP contribution in [0.25, 0.3) is 5.76 Å². The number of hydrogen-bond acceptors (Lipinski definition) is 6. The average Bonchev–Trinajstić information content (AvgIpc) is 2.84. The summed E-state index contributed by atoms with van der Waals surface area (Å²) < 4.78 is 38.3. The Bertz CT molecular complexity index is 768. The fourth-order valence-corrected chi connectivity index (χ4v) is 2.57. The molecule has 118 valence electrons. The van der Waals surface area contributed by atoms with Crippen LogP contribution in [0.4, 0.5) is 0 Å². The maximum Gasteiger partial charge on any atom is 0.306 e. The van der Waals surface area contributed by atoms with Crippen molar-refractivity contribution in [1.29, 1.82) is 0 Å². The summed E-state index contributed by atoms with van der Waals surface area (Å²) >= 11 is 3.28. The molecule has 0 atom stereocenters. The van der Waals surface area contributed by atoms with Gasteiger partial charge in [-0.05, 0) is 39.6 Å². The fourth-order valence-electron chi connectivity index (χ4n) is 1.61. The maximum atomic E-state index is 11.2. The summed E-state index contributed by atoms with van der Waals surface area (Å²) in [6.07, 6.45) is 2.42. The lowest BCUT2D eigenvalue weighted by molar-refractivity contribution is 0.266. The second-order valence-electron chi connectivity index (χ2n) is 4.35. The quantitative estimate of drug-likeness (QED) is 0.558. The maximum absolute atomic E-state index is 11.2. The van der Waals surface area contributed by atoms with Crippen molar-refractivity contribution in [3.8, 4) is 5.88 Å². The molecule has 0 saturated heterocycles. The zero-order valence-corrected chi connectivity index (χ0v) is 14.3. The minimum Gasteiger partial charge on any atom is -0.470 e. The van der Waals surface area contributed by atoms with Gasteiger partial charge in [0, 0.05) is 0 Å². The van der Waals surface area contributed by atoms with E-state index in [-0.39, 0.29) is 17.4 Å². The normalized spacial score (nSPS) is 12.2. The van der Waals surface area contributed by atoms with Gasteiger partial charge in [-0.15, -0.1) is 0 Å². The highest BCUT2D eigenvalue weighted by molar-refractivity contribution is 9.10. The minimum absolute atomic E-state index is 0.0384. The second-order valence-corrected chi connectivity index (χ2v) is 6.71. The van der Waals surface area contributed by atoms with Gasteiger partial charge in [-0.3, -0.25) is 0 Å². The molecule has 0 saturated carbocycles. The molecule has 1 aromatic heterocycles. The van der Waals surface area contributed by atoms with Crippen molar-refractivity contribution < 1.29 is 21.9 Å². The number of halogens is 1. The van der Waals surface area contributed by atoms with Crippen LogP contribution in [0.1, 0.15) is 18.2 Å². The predicted molar refractivity (Wildman–Crippen MR) is 84.6 cm³/mol. The first-order chi connectivity index (χ1) is 10.4. The van der Waals surface area contributed by atoms with Gasteiger partial charge in [-0.25, -0.2) is 0 Å². The third-order valence-electron chi connectivity index (χ3n) is 2.55. The average molecular weight is 388 g/mol. The van der Waals surface area contributed by atoms with Crippen molar-refractivity contribution in [3.63, 3.8) is 0 Å². The van der Waals surface area contributed by atoms with E-state index < -0.39 is 10.1 Å². The van der Waals surface area contributed by atoms with E-state index in [1.807, 2.05) is 30.3 Å². The predicted octanol–water partition coefficient (Wildman–Crippen LogP) is 3.35. The molecule has 22 heavy (non-hydrogen) atoms. The van der Waals surface area contributed by atoms with E-state index >= 15 is 0 Å². The summed E-state index contributed by atoms with van der Waals surface area (Å²) in [4.78, 5) is 0. The number of allylic oxidation sites excluding steroid dienone is 1. The van der Waals surface area contributed by atoms with E-state index in [0.717, 1.165) is 11.8 Å². The van der Waals surface area contributed by atoms with Crippen LogP contribution in [-0.2, 0) is 20.9 Å². The second kappa shape index (κ2) is 6.97. The van der Waals surface area contributed by atoms with E-state index in [1.54, 1.807) is 6.92 Å². The molecule has 2 rings (SSSR count). The molecule has 0 aliphatic heterocycles. The van der Waals surface area contributed by atoms with Crippen LogP contribution in [0.5, 0.6) is 5.88 Å². The van der Waals surface area contributed by atoms with Crippen LogP contribution in [0.3, 0.4) is 0 Å². The van der Waals surface area contributed by atoms with E-state index in [1.165, 1.54) is 6.08 Å². The molecule has 0 radical (unpaired) electrons. The van der Waals surface area contributed by atoms with Gasteiger partial charge >= 0.3 is 10.1 Å². The van der Waals surface area contributed by atoms with Crippen molar-refractivity contribution in [3.05, 3.63) is 52.2 Å². The summed E-state index contributed by atoms with van der Waals surface area (Å²) in [5.74, 6) is 0.405. The van der Waals surface area contributed by atoms with Crippen molar-refractivity contribution >= 4 is 31.8 Å². The van der Waals surface area contributed by atoms with Crippen molar-refractivity contribution in [1.82, 2.24) is 5.16 Å². The molecule has 0 aliphatic carbocycles. The van der Waals surface area contributed by atoms with Crippen LogP contribution in [0.15, 0.2) is 45.4 Å². The first-order valence-electron chi connectivity index (χ1n) is 6.28. The molecule has 2 aromatic rings. The minimum atomic E-state index is -3.66. The Kier molecular flexibility index (Phi) is 5.25. The van der Waals surface area contributed by atoms with Crippen molar-refractivity contribution in [2.24, 2.45) is 0 Å². The van der Waals surface area contributed by atoms with Gasteiger partial charge < -0.3 is 13.4 Å². The SMILES string of the molecule is CC=C(OS(C)(=O)=O)c1onc(OCc2ccccc2)c1Br. The van der Waals surface area contributed by atoms with E-state index in [2.05, 4.69) is 21.1 Å². The Morgan fingerprint density at radius 1 is 1.36 bits per heavy atom. The summed E-state index contributed by atoms with van der Waals surface area (Å²) in [5.41, 5.74) is 0.970. The van der Waals surface area contributed by atoms with Gasteiger partial charge in [0.15, 0.2) is 5.76 Å². The van der Waals surface area contributed by atoms with E-state index in [9.17, 15) is 8.42 Å². The number of benzene rings is 1. The number of hydrogen-bond donors (Lipinski definition) is 0. The summed E-state index contributed by atoms with van der Waals surface area (Å²) in [6.45, 7) is 1.93. The molecule has 8 heteroatoms. The highest BCUT2D eigenvalue weighted by Gasteiger charge is 2.22. The summed E-state index contributed by atoms with van der Waals surface area (Å²) in [5, 5.41) is 3.77.